The highest BCUT2D eigenvalue weighted by Crippen LogP contribution is 2.47. The number of esters is 1. The van der Waals surface area contributed by atoms with Crippen molar-refractivity contribution in [3.05, 3.63) is 30.3 Å². The van der Waals surface area contributed by atoms with Crippen LogP contribution < -0.4 is 9.61 Å². The second-order valence-corrected chi connectivity index (χ2v) is 7.38. The molecule has 0 saturated heterocycles. The molecule has 0 heterocycles. The van der Waals surface area contributed by atoms with Crippen LogP contribution in [0.5, 0.6) is 5.75 Å². The monoisotopic (exact) mass is 333 g/mol. The summed E-state index contributed by atoms with van der Waals surface area (Å²) in [4.78, 5) is 11.6. The minimum atomic E-state index is -3.61. The molecule has 1 atom stereocenters. The summed E-state index contributed by atoms with van der Waals surface area (Å²) in [6, 6.07) is 8.52. The summed E-state index contributed by atoms with van der Waals surface area (Å²) < 4.78 is 22.2. The van der Waals surface area contributed by atoms with Crippen molar-refractivity contribution in [1.29, 1.82) is 0 Å². The van der Waals surface area contributed by atoms with Crippen molar-refractivity contribution in [1.82, 2.24) is 5.09 Å². The van der Waals surface area contributed by atoms with Crippen LogP contribution in [0.25, 0.3) is 0 Å². The van der Waals surface area contributed by atoms with Gasteiger partial charge in [0.1, 0.15) is 12.3 Å². The van der Waals surface area contributed by atoms with Gasteiger partial charge in [0.15, 0.2) is 0 Å². The minimum absolute atomic E-state index is 0.256. The highest BCUT2D eigenvalue weighted by Gasteiger charge is 2.22. The molecule has 0 saturated carbocycles. The third-order valence-electron chi connectivity index (χ3n) is 3.01. The minimum Gasteiger partial charge on any atom is -0.464 e. The first kappa shape index (κ1) is 18.0. The lowest BCUT2D eigenvalue weighted by molar-refractivity contribution is -0.143. The van der Waals surface area contributed by atoms with Crippen molar-refractivity contribution >= 4 is 24.1 Å². The van der Waals surface area contributed by atoms with Gasteiger partial charge in [0.25, 0.3) is 0 Å². The van der Waals surface area contributed by atoms with E-state index in [0.717, 1.165) is 12.8 Å². The maximum Gasteiger partial charge on any atom is 0.409 e. The van der Waals surface area contributed by atoms with Gasteiger partial charge in [-0.2, -0.15) is 0 Å². The van der Waals surface area contributed by atoms with Gasteiger partial charge in [-0.3, -0.25) is 4.79 Å². The lowest BCUT2D eigenvalue weighted by Crippen LogP contribution is -2.24. The van der Waals surface area contributed by atoms with E-state index in [9.17, 15) is 9.36 Å². The number of hydrogen-bond donors (Lipinski definition) is 1. The maximum absolute atomic E-state index is 12.0. The molecule has 0 bridgehead atoms. The average Bonchev–Trinajstić information content (AvgIpc) is 2.47. The first-order chi connectivity index (χ1) is 9.96. The van der Waals surface area contributed by atoms with Gasteiger partial charge in [-0.15, -0.1) is 0 Å². The topological polar surface area (TPSA) is 64.6 Å². The van der Waals surface area contributed by atoms with Crippen molar-refractivity contribution in [3.63, 3.8) is 0 Å². The number of rotatable bonds is 9. The zero-order valence-electron chi connectivity index (χ0n) is 12.3. The van der Waals surface area contributed by atoms with Crippen LogP contribution in [0.15, 0.2) is 30.3 Å². The van der Waals surface area contributed by atoms with Crippen LogP contribution in [0.3, 0.4) is 0 Å². The second kappa shape index (κ2) is 9.08. The third kappa shape index (κ3) is 7.51. The third-order valence-corrected chi connectivity index (χ3v) is 4.56. The fourth-order valence-corrected chi connectivity index (χ4v) is 2.79. The van der Waals surface area contributed by atoms with E-state index >= 15 is 0 Å². The molecule has 1 rings (SSSR count). The van der Waals surface area contributed by atoms with Crippen molar-refractivity contribution in [2.75, 3.05) is 13.2 Å². The largest absolute Gasteiger partial charge is 0.464 e. The number of ether oxygens (including phenoxy) is 1. The Hall–Kier alpha value is -1.03. The van der Waals surface area contributed by atoms with Gasteiger partial charge >= 0.3 is 12.8 Å². The molecule has 1 aromatic rings. The Morgan fingerprint density at radius 3 is 2.48 bits per heavy atom. The number of halogens is 1. The smallest absolute Gasteiger partial charge is 0.409 e. The van der Waals surface area contributed by atoms with Crippen LogP contribution in [0.1, 0.15) is 26.7 Å². The summed E-state index contributed by atoms with van der Waals surface area (Å²) in [6.07, 6.45) is 1.89. The molecule has 0 spiro atoms. The lowest BCUT2D eigenvalue weighted by atomic mass is 10.1. The Morgan fingerprint density at radius 2 is 1.90 bits per heavy atom. The van der Waals surface area contributed by atoms with E-state index < -0.39 is 12.8 Å². The average molecular weight is 334 g/mol. The van der Waals surface area contributed by atoms with Crippen molar-refractivity contribution < 1.29 is 18.6 Å². The second-order valence-electron chi connectivity index (χ2n) is 4.58. The molecular formula is C14H21ClNO4P. The van der Waals surface area contributed by atoms with Crippen LogP contribution in [0.4, 0.5) is 0 Å². The van der Waals surface area contributed by atoms with Crippen LogP contribution >= 0.6 is 18.1 Å². The summed E-state index contributed by atoms with van der Waals surface area (Å²) >= 11 is 5.75. The molecule has 0 aliphatic heterocycles. The number of benzene rings is 1. The van der Waals surface area contributed by atoms with Gasteiger partial charge in [-0.25, -0.2) is 9.65 Å². The molecule has 118 valence electrons. The first-order valence-corrected chi connectivity index (χ1v) is 9.45. The first-order valence-electron chi connectivity index (χ1n) is 6.92. The fourth-order valence-electron chi connectivity index (χ4n) is 1.59. The SMILES string of the molecule is CCC(CC)COC(=O)CNP(=O)(Cl)Oc1ccccc1. The van der Waals surface area contributed by atoms with Gasteiger partial charge in [0, 0.05) is 11.2 Å². The molecule has 0 amide bonds. The molecule has 0 aromatic heterocycles. The summed E-state index contributed by atoms with van der Waals surface area (Å²) in [5, 5.41) is 2.39. The standard InChI is InChI=1S/C14H21ClNO4P/c1-3-12(4-2)11-19-14(17)10-16-21(15,18)20-13-8-6-5-7-9-13/h5-9,12H,3-4,10-11H2,1-2H3,(H,16,18). The lowest BCUT2D eigenvalue weighted by Gasteiger charge is -2.15. The molecule has 0 aliphatic rings. The van der Waals surface area contributed by atoms with Crippen LogP contribution in [-0.4, -0.2) is 19.1 Å². The van der Waals surface area contributed by atoms with E-state index in [-0.39, 0.29) is 6.54 Å². The number of nitrogens with one attached hydrogen (secondary N) is 1. The van der Waals surface area contributed by atoms with Gasteiger partial charge in [-0.05, 0) is 18.1 Å². The zero-order valence-corrected chi connectivity index (χ0v) is 13.9. The van der Waals surface area contributed by atoms with E-state index in [0.29, 0.717) is 18.3 Å². The zero-order chi connectivity index (χ0) is 15.7. The Balaban J connectivity index is 2.36. The van der Waals surface area contributed by atoms with Crippen LogP contribution in [0, 0.1) is 5.92 Å². The van der Waals surface area contributed by atoms with Crippen molar-refractivity contribution in [2.45, 2.75) is 26.7 Å². The normalized spacial score (nSPS) is 13.7. The molecular weight excluding hydrogens is 313 g/mol. The van der Waals surface area contributed by atoms with E-state index in [4.69, 9.17) is 20.5 Å². The summed E-state index contributed by atoms with van der Waals surface area (Å²) in [5.74, 6) is 0.213. The Kier molecular flexibility index (Phi) is 7.79. The molecule has 1 aromatic carbocycles. The van der Waals surface area contributed by atoms with E-state index in [1.54, 1.807) is 30.3 Å². The summed E-state index contributed by atoms with van der Waals surface area (Å²) in [6.45, 7) is 0.582. The number of carbonyl (C=O) groups is 1. The summed E-state index contributed by atoms with van der Waals surface area (Å²) in [5.41, 5.74) is 0. The number of para-hydroxylation sites is 1. The molecule has 0 radical (unpaired) electrons. The maximum atomic E-state index is 12.0. The molecule has 7 heteroatoms. The highest BCUT2D eigenvalue weighted by molar-refractivity contribution is 7.84. The fraction of sp³-hybridized carbons (Fsp3) is 0.500. The molecule has 21 heavy (non-hydrogen) atoms. The van der Waals surface area contributed by atoms with E-state index in [2.05, 4.69) is 5.09 Å². The predicted molar refractivity (Wildman–Crippen MR) is 83.6 cm³/mol. The van der Waals surface area contributed by atoms with Gasteiger partial charge in [0.2, 0.25) is 0 Å². The van der Waals surface area contributed by atoms with E-state index in [1.807, 2.05) is 13.8 Å². The molecule has 5 nitrogen and oxygen atoms in total. The van der Waals surface area contributed by atoms with Gasteiger partial charge in [0.05, 0.1) is 6.61 Å². The Morgan fingerprint density at radius 1 is 1.29 bits per heavy atom. The summed E-state index contributed by atoms with van der Waals surface area (Å²) in [7, 11) is 0. The van der Waals surface area contributed by atoms with Gasteiger partial charge < -0.3 is 9.26 Å². The molecule has 0 aliphatic carbocycles. The quantitative estimate of drug-likeness (QED) is 0.547. The molecule has 0 fully saturated rings. The number of carbonyl (C=O) groups excluding carboxylic acids is 1. The van der Waals surface area contributed by atoms with Crippen molar-refractivity contribution in [2.24, 2.45) is 5.92 Å². The molecule has 1 unspecified atom stereocenters. The van der Waals surface area contributed by atoms with Crippen LogP contribution in [-0.2, 0) is 14.1 Å². The van der Waals surface area contributed by atoms with Gasteiger partial charge in [-0.1, -0.05) is 44.9 Å². The Bertz CT molecular complexity index is 479. The van der Waals surface area contributed by atoms with E-state index in [1.165, 1.54) is 0 Å². The molecule has 1 N–H and O–H groups in total. The predicted octanol–water partition coefficient (Wildman–Crippen LogP) is 3.98. The highest BCUT2D eigenvalue weighted by atomic mass is 35.7. The Labute approximate surface area is 130 Å². The number of hydrogen-bond acceptors (Lipinski definition) is 4. The van der Waals surface area contributed by atoms with Crippen molar-refractivity contribution in [3.8, 4) is 5.75 Å². The van der Waals surface area contributed by atoms with Crippen LogP contribution in [0.2, 0.25) is 0 Å².